The highest BCUT2D eigenvalue weighted by Crippen LogP contribution is 2.40. The van der Waals surface area contributed by atoms with E-state index in [0.717, 1.165) is 29.8 Å². The summed E-state index contributed by atoms with van der Waals surface area (Å²) in [6, 6.07) is 5.74. The van der Waals surface area contributed by atoms with Crippen molar-refractivity contribution in [3.8, 4) is 17.6 Å². The Morgan fingerprint density at radius 2 is 2.29 bits per heavy atom. The van der Waals surface area contributed by atoms with Crippen LogP contribution in [0.15, 0.2) is 18.2 Å². The van der Waals surface area contributed by atoms with Gasteiger partial charge in [0, 0.05) is 6.42 Å². The van der Waals surface area contributed by atoms with Crippen molar-refractivity contribution in [2.75, 3.05) is 12.4 Å². The number of para-hydroxylation sites is 1. The molecule has 0 bridgehead atoms. The second-order valence-electron chi connectivity index (χ2n) is 3.93. The fourth-order valence-corrected chi connectivity index (χ4v) is 2.12. The Morgan fingerprint density at radius 3 is 3.00 bits per heavy atom. The third-order valence-corrected chi connectivity index (χ3v) is 2.95. The van der Waals surface area contributed by atoms with Gasteiger partial charge in [-0.05, 0) is 25.0 Å². The molecule has 0 radical (unpaired) electrons. The Kier molecular flexibility index (Phi) is 3.34. The predicted octanol–water partition coefficient (Wildman–Crippen LogP) is 2.53. The van der Waals surface area contributed by atoms with Crippen molar-refractivity contribution in [2.24, 2.45) is 0 Å². The monoisotopic (exact) mass is 229 g/mol. The van der Waals surface area contributed by atoms with Crippen LogP contribution < -0.4 is 10.1 Å². The molecule has 0 fully saturated rings. The molecule has 2 rings (SSSR count). The lowest BCUT2D eigenvalue weighted by atomic mass is 9.95. The predicted molar refractivity (Wildman–Crippen MR) is 67.0 cm³/mol. The summed E-state index contributed by atoms with van der Waals surface area (Å²) in [4.78, 5) is 11.9. The van der Waals surface area contributed by atoms with Gasteiger partial charge in [0.1, 0.15) is 5.75 Å². The molecule has 1 heterocycles. The van der Waals surface area contributed by atoms with Crippen LogP contribution in [0, 0.1) is 11.8 Å². The van der Waals surface area contributed by atoms with Crippen molar-refractivity contribution >= 4 is 11.6 Å². The number of hydrogen-bond acceptors (Lipinski definition) is 2. The number of hydrogen-bond donors (Lipinski definition) is 1. The molecule has 1 aliphatic heterocycles. The Balaban J connectivity index is 2.26. The molecule has 0 saturated carbocycles. The zero-order valence-corrected chi connectivity index (χ0v) is 10.0. The number of anilines is 1. The molecular formula is C14H15NO2. The number of ether oxygens (including phenoxy) is 1. The zero-order valence-electron chi connectivity index (χ0n) is 10.0. The Labute approximate surface area is 101 Å². The topological polar surface area (TPSA) is 38.3 Å². The minimum Gasteiger partial charge on any atom is -0.495 e. The lowest BCUT2D eigenvalue weighted by Gasteiger charge is -2.07. The van der Waals surface area contributed by atoms with E-state index in [-0.39, 0.29) is 11.8 Å². The van der Waals surface area contributed by atoms with Crippen LogP contribution >= 0.6 is 0 Å². The minimum atomic E-state index is -0.0963. The molecule has 1 aliphatic rings. The van der Waals surface area contributed by atoms with Crippen molar-refractivity contribution in [3.63, 3.8) is 0 Å². The third-order valence-electron chi connectivity index (χ3n) is 2.95. The molecule has 1 aromatic rings. The van der Waals surface area contributed by atoms with Crippen molar-refractivity contribution in [3.05, 3.63) is 23.8 Å². The van der Waals surface area contributed by atoms with E-state index in [9.17, 15) is 4.79 Å². The van der Waals surface area contributed by atoms with Gasteiger partial charge >= 0.3 is 0 Å². The Bertz CT molecular complexity index is 497. The smallest absolute Gasteiger partial charge is 0.232 e. The van der Waals surface area contributed by atoms with Crippen LogP contribution in [0.25, 0.3) is 0 Å². The zero-order chi connectivity index (χ0) is 12.3. The Hall–Kier alpha value is -1.95. The molecule has 3 nitrogen and oxygen atoms in total. The highest BCUT2D eigenvalue weighted by Gasteiger charge is 2.31. The van der Waals surface area contributed by atoms with E-state index >= 15 is 0 Å². The second-order valence-corrected chi connectivity index (χ2v) is 3.93. The van der Waals surface area contributed by atoms with Gasteiger partial charge < -0.3 is 10.1 Å². The Morgan fingerprint density at radius 1 is 1.47 bits per heavy atom. The largest absolute Gasteiger partial charge is 0.495 e. The van der Waals surface area contributed by atoms with E-state index in [4.69, 9.17) is 4.74 Å². The molecule has 0 spiro atoms. The van der Waals surface area contributed by atoms with Gasteiger partial charge in [0.15, 0.2) is 0 Å². The quantitative estimate of drug-likeness (QED) is 0.809. The van der Waals surface area contributed by atoms with E-state index in [2.05, 4.69) is 17.2 Å². The molecule has 0 saturated heterocycles. The minimum absolute atomic E-state index is 0.0439. The molecule has 17 heavy (non-hydrogen) atoms. The van der Waals surface area contributed by atoms with Crippen LogP contribution in [0.4, 0.5) is 5.69 Å². The van der Waals surface area contributed by atoms with Gasteiger partial charge in [0.25, 0.3) is 0 Å². The average molecular weight is 229 g/mol. The maximum atomic E-state index is 11.9. The number of rotatable bonds is 3. The fourth-order valence-electron chi connectivity index (χ4n) is 2.12. The van der Waals surface area contributed by atoms with Crippen molar-refractivity contribution in [1.29, 1.82) is 0 Å². The van der Waals surface area contributed by atoms with Gasteiger partial charge in [-0.15, -0.1) is 11.8 Å². The first kappa shape index (κ1) is 11.5. The maximum Gasteiger partial charge on any atom is 0.232 e. The highest BCUT2D eigenvalue weighted by atomic mass is 16.5. The van der Waals surface area contributed by atoms with Crippen LogP contribution in [0.3, 0.4) is 0 Å². The van der Waals surface area contributed by atoms with Crippen LogP contribution in [-0.2, 0) is 4.79 Å². The number of methoxy groups -OCH3 is 1. The van der Waals surface area contributed by atoms with E-state index in [0.29, 0.717) is 0 Å². The molecule has 1 aromatic carbocycles. The lowest BCUT2D eigenvalue weighted by molar-refractivity contribution is -0.117. The summed E-state index contributed by atoms with van der Waals surface area (Å²) in [5.41, 5.74) is 1.83. The van der Waals surface area contributed by atoms with E-state index in [1.807, 2.05) is 25.1 Å². The van der Waals surface area contributed by atoms with E-state index in [1.54, 1.807) is 7.11 Å². The molecule has 0 aromatic heterocycles. The molecule has 1 N–H and O–H groups in total. The number of amides is 1. The number of carbonyl (C=O) groups is 1. The van der Waals surface area contributed by atoms with E-state index < -0.39 is 0 Å². The second kappa shape index (κ2) is 4.92. The normalized spacial score (nSPS) is 16.8. The van der Waals surface area contributed by atoms with Crippen LogP contribution in [-0.4, -0.2) is 13.0 Å². The summed E-state index contributed by atoms with van der Waals surface area (Å²) in [5.74, 6) is 6.51. The summed E-state index contributed by atoms with van der Waals surface area (Å²) < 4.78 is 5.24. The highest BCUT2D eigenvalue weighted by molar-refractivity contribution is 6.04. The molecule has 3 heteroatoms. The summed E-state index contributed by atoms with van der Waals surface area (Å²) >= 11 is 0. The number of fused-ring (bicyclic) bond motifs is 1. The van der Waals surface area contributed by atoms with Crippen molar-refractivity contribution in [2.45, 2.75) is 25.7 Å². The van der Waals surface area contributed by atoms with Gasteiger partial charge in [-0.2, -0.15) is 0 Å². The van der Waals surface area contributed by atoms with Crippen molar-refractivity contribution < 1.29 is 9.53 Å². The summed E-state index contributed by atoms with van der Waals surface area (Å²) in [6.07, 6.45) is 1.50. The molecule has 1 atom stereocenters. The molecule has 1 unspecified atom stereocenters. The van der Waals surface area contributed by atoms with Gasteiger partial charge in [-0.1, -0.05) is 12.1 Å². The first-order valence-corrected chi connectivity index (χ1v) is 5.65. The SMILES string of the molecule is CC#CCCC1C(=O)Nc2c(OC)cccc21. The van der Waals surface area contributed by atoms with Gasteiger partial charge in [-0.3, -0.25) is 4.79 Å². The average Bonchev–Trinajstić information content (AvgIpc) is 2.66. The first-order chi connectivity index (χ1) is 8.27. The first-order valence-electron chi connectivity index (χ1n) is 5.65. The van der Waals surface area contributed by atoms with Gasteiger partial charge in [-0.25, -0.2) is 0 Å². The van der Waals surface area contributed by atoms with Crippen LogP contribution in [0.1, 0.15) is 31.2 Å². The molecule has 0 aliphatic carbocycles. The third kappa shape index (κ3) is 2.12. The number of benzene rings is 1. The summed E-state index contributed by atoms with van der Waals surface area (Å²) in [6.45, 7) is 1.81. The molecule has 1 amide bonds. The molecular weight excluding hydrogens is 214 g/mol. The summed E-state index contributed by atoms with van der Waals surface area (Å²) in [7, 11) is 1.61. The number of carbonyl (C=O) groups excluding carboxylic acids is 1. The summed E-state index contributed by atoms with van der Waals surface area (Å²) in [5, 5.41) is 2.88. The van der Waals surface area contributed by atoms with Crippen LogP contribution in [0.5, 0.6) is 5.75 Å². The lowest BCUT2D eigenvalue weighted by Crippen LogP contribution is -2.11. The standard InChI is InChI=1S/C14H15NO2/c1-3-4-5-7-11-10-8-6-9-12(17-2)13(10)15-14(11)16/h6,8-9,11H,5,7H2,1-2H3,(H,15,16). The van der Waals surface area contributed by atoms with Crippen LogP contribution in [0.2, 0.25) is 0 Å². The number of nitrogens with one attached hydrogen (secondary N) is 1. The fraction of sp³-hybridized carbons (Fsp3) is 0.357. The molecule has 88 valence electrons. The van der Waals surface area contributed by atoms with Gasteiger partial charge in [0.2, 0.25) is 5.91 Å². The van der Waals surface area contributed by atoms with E-state index in [1.165, 1.54) is 0 Å². The maximum absolute atomic E-state index is 11.9. The van der Waals surface area contributed by atoms with Crippen molar-refractivity contribution in [1.82, 2.24) is 0 Å². The van der Waals surface area contributed by atoms with Gasteiger partial charge in [0.05, 0.1) is 18.7 Å².